The summed E-state index contributed by atoms with van der Waals surface area (Å²) in [4.78, 5) is 15.1. The van der Waals surface area contributed by atoms with E-state index in [1.807, 2.05) is 19.9 Å². The smallest absolute Gasteiger partial charge is 0.292 e. The number of fused-ring (bicyclic) bond motifs is 2. The van der Waals surface area contributed by atoms with E-state index in [-0.39, 0.29) is 5.91 Å². The molecule has 0 radical (unpaired) electrons. The van der Waals surface area contributed by atoms with Crippen molar-refractivity contribution in [2.75, 3.05) is 31.3 Å². The first-order chi connectivity index (χ1) is 13.8. The average Bonchev–Trinajstić information content (AvgIpc) is 3.23. The zero-order chi connectivity index (χ0) is 20.8. The van der Waals surface area contributed by atoms with Crippen LogP contribution in [-0.2, 0) is 20.1 Å². The molecule has 29 heavy (non-hydrogen) atoms. The molecule has 5 heteroatoms. The fourth-order valence-corrected chi connectivity index (χ4v) is 4.36. The zero-order valence-corrected chi connectivity index (χ0v) is 17.9. The van der Waals surface area contributed by atoms with Gasteiger partial charge >= 0.3 is 0 Å². The van der Waals surface area contributed by atoms with Crippen molar-refractivity contribution in [3.8, 4) is 5.75 Å². The molecule has 0 saturated carbocycles. The summed E-state index contributed by atoms with van der Waals surface area (Å²) in [6.07, 6.45) is 0. The lowest BCUT2D eigenvalue weighted by atomic mass is 10.0. The summed E-state index contributed by atoms with van der Waals surface area (Å²) < 4.78 is 17.9. The lowest BCUT2D eigenvalue weighted by Gasteiger charge is -2.23. The maximum Gasteiger partial charge on any atom is 0.292 e. The second kappa shape index (κ2) is 7.47. The molecule has 2 aromatic rings. The minimum atomic E-state index is -1.29. The van der Waals surface area contributed by atoms with Crippen molar-refractivity contribution in [2.45, 2.75) is 46.3 Å². The number of benzene rings is 2. The number of carbonyl (C=O) groups excluding carboxylic acids is 1. The Labute approximate surface area is 172 Å². The Morgan fingerprint density at radius 1 is 1.07 bits per heavy atom. The van der Waals surface area contributed by atoms with Gasteiger partial charge in [-0.05, 0) is 55.5 Å². The number of carbonyl (C=O) groups is 1. The van der Waals surface area contributed by atoms with Crippen LogP contribution in [0, 0.1) is 20.8 Å². The minimum Gasteiger partial charge on any atom is -0.491 e. The molecule has 5 nitrogen and oxygen atoms in total. The highest BCUT2D eigenvalue weighted by Gasteiger charge is 2.56. The highest BCUT2D eigenvalue weighted by molar-refractivity contribution is 6.07. The third kappa shape index (κ3) is 3.32. The number of hydrogen-bond acceptors (Lipinski definition) is 4. The Kier molecular flexibility index (Phi) is 5.13. The summed E-state index contributed by atoms with van der Waals surface area (Å²) in [5.41, 5.74) is 6.17. The topological polar surface area (TPSA) is 48.0 Å². The fraction of sp³-hybridized carbons (Fsp3) is 0.458. The van der Waals surface area contributed by atoms with E-state index in [4.69, 9.17) is 14.2 Å². The molecule has 0 unspecified atom stereocenters. The minimum absolute atomic E-state index is 0.157. The van der Waals surface area contributed by atoms with Crippen LogP contribution in [0.3, 0.4) is 0 Å². The molecule has 2 aliphatic heterocycles. The molecular weight excluding hydrogens is 366 g/mol. The fourth-order valence-electron chi connectivity index (χ4n) is 4.36. The van der Waals surface area contributed by atoms with Crippen molar-refractivity contribution in [1.82, 2.24) is 0 Å². The van der Waals surface area contributed by atoms with E-state index in [0.29, 0.717) is 32.3 Å². The number of nitrogens with zero attached hydrogens (tertiary/aromatic N) is 1. The standard InChI is InChI=1S/C24H29NO4/c1-15(2)19-7-6-16(3)14-21(19)27-9-8-25-22-18(5)12-17(4)13-20(22)24(23(25)26)28-10-11-29-24/h6-7,12-15H,8-11H2,1-5H3. The second-order valence-corrected chi connectivity index (χ2v) is 8.29. The predicted molar refractivity (Wildman–Crippen MR) is 113 cm³/mol. The number of amides is 1. The normalized spacial score (nSPS) is 17.4. The SMILES string of the molecule is Cc1ccc(C(C)C)c(OCCN2C(=O)C3(OCCO3)c3cc(C)cc(C)c32)c1. The number of rotatable bonds is 5. The van der Waals surface area contributed by atoms with E-state index in [1.54, 1.807) is 4.90 Å². The number of hydrogen-bond donors (Lipinski definition) is 0. The Hall–Kier alpha value is -2.37. The highest BCUT2D eigenvalue weighted by Crippen LogP contribution is 2.47. The molecule has 4 rings (SSSR count). The van der Waals surface area contributed by atoms with Gasteiger partial charge in [0.25, 0.3) is 11.7 Å². The van der Waals surface area contributed by atoms with Crippen LogP contribution in [0.15, 0.2) is 30.3 Å². The molecule has 2 heterocycles. The molecule has 2 aromatic carbocycles. The Morgan fingerprint density at radius 3 is 2.48 bits per heavy atom. The van der Waals surface area contributed by atoms with Gasteiger partial charge in [-0.3, -0.25) is 4.79 Å². The summed E-state index contributed by atoms with van der Waals surface area (Å²) in [5, 5.41) is 0. The summed E-state index contributed by atoms with van der Waals surface area (Å²) in [6, 6.07) is 10.4. The molecule has 0 bridgehead atoms. The highest BCUT2D eigenvalue weighted by atomic mass is 16.7. The van der Waals surface area contributed by atoms with Crippen LogP contribution >= 0.6 is 0 Å². The molecule has 1 fully saturated rings. The molecule has 0 N–H and O–H groups in total. The molecule has 1 spiro atoms. The molecule has 0 atom stereocenters. The third-order valence-electron chi connectivity index (χ3n) is 5.65. The van der Waals surface area contributed by atoms with Crippen molar-refractivity contribution in [3.63, 3.8) is 0 Å². The maximum atomic E-state index is 13.3. The van der Waals surface area contributed by atoms with Gasteiger partial charge in [0.15, 0.2) is 0 Å². The largest absolute Gasteiger partial charge is 0.491 e. The lowest BCUT2D eigenvalue weighted by Crippen LogP contribution is -2.42. The van der Waals surface area contributed by atoms with Gasteiger partial charge in [-0.2, -0.15) is 0 Å². The summed E-state index contributed by atoms with van der Waals surface area (Å²) in [5.74, 6) is -0.196. The van der Waals surface area contributed by atoms with Crippen LogP contribution < -0.4 is 9.64 Å². The summed E-state index contributed by atoms with van der Waals surface area (Å²) in [7, 11) is 0. The number of aryl methyl sites for hydroxylation is 3. The first-order valence-electron chi connectivity index (χ1n) is 10.3. The van der Waals surface area contributed by atoms with Crippen LogP contribution in [0.5, 0.6) is 5.75 Å². The van der Waals surface area contributed by atoms with Crippen molar-refractivity contribution >= 4 is 11.6 Å². The van der Waals surface area contributed by atoms with E-state index in [2.05, 4.69) is 45.0 Å². The monoisotopic (exact) mass is 395 g/mol. The van der Waals surface area contributed by atoms with Crippen LogP contribution in [-0.4, -0.2) is 32.3 Å². The Bertz CT molecular complexity index is 944. The van der Waals surface area contributed by atoms with Gasteiger partial charge in [-0.25, -0.2) is 0 Å². The van der Waals surface area contributed by atoms with Crippen LogP contribution in [0.4, 0.5) is 5.69 Å². The van der Waals surface area contributed by atoms with E-state index < -0.39 is 5.79 Å². The number of ether oxygens (including phenoxy) is 3. The van der Waals surface area contributed by atoms with Gasteiger partial charge in [0.05, 0.1) is 25.4 Å². The van der Waals surface area contributed by atoms with Gasteiger partial charge in [0, 0.05) is 5.56 Å². The van der Waals surface area contributed by atoms with Gasteiger partial charge < -0.3 is 19.1 Å². The molecule has 0 aliphatic carbocycles. The second-order valence-electron chi connectivity index (χ2n) is 8.29. The molecule has 1 amide bonds. The molecule has 1 saturated heterocycles. The Morgan fingerprint density at radius 2 is 1.79 bits per heavy atom. The quantitative estimate of drug-likeness (QED) is 0.755. The summed E-state index contributed by atoms with van der Waals surface area (Å²) in [6.45, 7) is 12.1. The Balaban J connectivity index is 1.59. The third-order valence-corrected chi connectivity index (χ3v) is 5.65. The average molecular weight is 395 g/mol. The van der Waals surface area contributed by atoms with Crippen LogP contribution in [0.25, 0.3) is 0 Å². The van der Waals surface area contributed by atoms with Crippen molar-refractivity contribution in [2.24, 2.45) is 0 Å². The maximum absolute atomic E-state index is 13.3. The van der Waals surface area contributed by atoms with Gasteiger partial charge in [-0.1, -0.05) is 37.6 Å². The van der Waals surface area contributed by atoms with Crippen molar-refractivity contribution in [1.29, 1.82) is 0 Å². The molecule has 154 valence electrons. The molecule has 0 aromatic heterocycles. The van der Waals surface area contributed by atoms with E-state index in [1.165, 1.54) is 5.56 Å². The van der Waals surface area contributed by atoms with Crippen molar-refractivity contribution < 1.29 is 19.0 Å². The lowest BCUT2D eigenvalue weighted by molar-refractivity contribution is -0.180. The summed E-state index contributed by atoms with van der Waals surface area (Å²) >= 11 is 0. The van der Waals surface area contributed by atoms with Gasteiger partial charge in [-0.15, -0.1) is 0 Å². The molecular formula is C24H29NO4. The first kappa shape index (κ1) is 19.9. The van der Waals surface area contributed by atoms with Gasteiger partial charge in [0.2, 0.25) is 0 Å². The zero-order valence-electron chi connectivity index (χ0n) is 17.9. The van der Waals surface area contributed by atoms with Crippen LogP contribution in [0.1, 0.15) is 47.6 Å². The van der Waals surface area contributed by atoms with E-state index in [0.717, 1.165) is 33.7 Å². The van der Waals surface area contributed by atoms with E-state index >= 15 is 0 Å². The van der Waals surface area contributed by atoms with Crippen LogP contribution in [0.2, 0.25) is 0 Å². The van der Waals surface area contributed by atoms with E-state index in [9.17, 15) is 4.79 Å². The first-order valence-corrected chi connectivity index (χ1v) is 10.3. The molecule has 2 aliphatic rings. The van der Waals surface area contributed by atoms with Crippen molar-refractivity contribution in [3.05, 3.63) is 58.1 Å². The predicted octanol–water partition coefficient (Wildman–Crippen LogP) is 4.36. The van der Waals surface area contributed by atoms with Gasteiger partial charge in [0.1, 0.15) is 12.4 Å². The number of anilines is 1.